The summed E-state index contributed by atoms with van der Waals surface area (Å²) in [4.78, 5) is 30.5. The van der Waals surface area contributed by atoms with E-state index in [1.54, 1.807) is 0 Å². The molecule has 0 aliphatic heterocycles. The van der Waals surface area contributed by atoms with Crippen LogP contribution >= 0.6 is 18.9 Å². The molecule has 1 atom stereocenters. The maximum absolute atomic E-state index is 13.7. The van der Waals surface area contributed by atoms with Crippen molar-refractivity contribution in [3.63, 3.8) is 0 Å². The molecular formula is C17H10F5O5PS. The molecule has 0 fully saturated rings. The van der Waals surface area contributed by atoms with Gasteiger partial charge in [0.05, 0.1) is 5.66 Å². The molecule has 0 radical (unpaired) electrons. The number of carbonyl (C=O) groups excluding carboxylic acids is 1. The van der Waals surface area contributed by atoms with Crippen molar-refractivity contribution in [1.82, 2.24) is 0 Å². The van der Waals surface area contributed by atoms with Crippen molar-refractivity contribution >= 4 is 35.0 Å². The summed E-state index contributed by atoms with van der Waals surface area (Å²) in [5, 5.41) is 0.372. The molecule has 0 saturated carbocycles. The lowest BCUT2D eigenvalue weighted by Crippen LogP contribution is -2.12. The van der Waals surface area contributed by atoms with Crippen LogP contribution in [0.1, 0.15) is 27.8 Å². The molecule has 0 spiro atoms. The molecule has 1 unspecified atom stereocenters. The molecule has 5 nitrogen and oxygen atoms in total. The second-order valence-electron chi connectivity index (χ2n) is 5.96. The number of thiophene rings is 1. The Morgan fingerprint density at radius 3 is 2.10 bits per heavy atom. The van der Waals surface area contributed by atoms with Gasteiger partial charge in [0.15, 0.2) is 0 Å². The minimum absolute atomic E-state index is 0.218. The number of carbonyl (C=O) groups is 1. The number of benzene rings is 2. The quantitative estimate of drug-likeness (QED) is 0.145. The Morgan fingerprint density at radius 2 is 1.55 bits per heavy atom. The molecule has 3 rings (SSSR count). The minimum atomic E-state index is -4.41. The number of rotatable bonds is 4. The van der Waals surface area contributed by atoms with Gasteiger partial charge in [-0.15, -0.1) is 11.3 Å². The highest BCUT2D eigenvalue weighted by Gasteiger charge is 2.30. The van der Waals surface area contributed by atoms with Crippen LogP contribution in [0.25, 0.3) is 10.1 Å². The van der Waals surface area contributed by atoms with Gasteiger partial charge in [0.1, 0.15) is 4.88 Å². The van der Waals surface area contributed by atoms with Crippen LogP contribution in [0, 0.1) is 29.1 Å². The van der Waals surface area contributed by atoms with Gasteiger partial charge in [0.25, 0.3) is 0 Å². The van der Waals surface area contributed by atoms with Crippen LogP contribution in [0.4, 0.5) is 22.0 Å². The lowest BCUT2D eigenvalue weighted by Gasteiger charge is -2.13. The number of halogens is 5. The van der Waals surface area contributed by atoms with Crippen molar-refractivity contribution in [3.05, 3.63) is 63.8 Å². The van der Waals surface area contributed by atoms with Gasteiger partial charge < -0.3 is 14.5 Å². The van der Waals surface area contributed by atoms with E-state index < -0.39 is 54.1 Å². The van der Waals surface area contributed by atoms with Crippen molar-refractivity contribution in [2.24, 2.45) is 0 Å². The Hall–Kier alpha value is -2.33. The Bertz CT molecular complexity index is 1160. The average Bonchev–Trinajstić information content (AvgIpc) is 3.10. The highest BCUT2D eigenvalue weighted by atomic mass is 32.1. The molecule has 2 N–H and O–H groups in total. The summed E-state index contributed by atoms with van der Waals surface area (Å²) >= 11 is 0.801. The summed E-state index contributed by atoms with van der Waals surface area (Å²) in [6.07, 6.45) is 0. The van der Waals surface area contributed by atoms with E-state index in [0.717, 1.165) is 11.3 Å². The number of hydrogen-bond acceptors (Lipinski definition) is 4. The molecule has 0 bridgehead atoms. The van der Waals surface area contributed by atoms with Gasteiger partial charge in [-0.3, -0.25) is 4.57 Å². The first-order valence-corrected chi connectivity index (χ1v) is 10.2. The lowest BCUT2D eigenvalue weighted by molar-refractivity contribution is 0.0721. The fraction of sp³-hybridized carbons (Fsp3) is 0.118. The molecule has 1 heterocycles. The second kappa shape index (κ2) is 7.49. The van der Waals surface area contributed by atoms with Crippen LogP contribution in [0.3, 0.4) is 0 Å². The minimum Gasteiger partial charge on any atom is -0.416 e. The zero-order valence-corrected chi connectivity index (χ0v) is 16.0. The molecule has 0 amide bonds. The van der Waals surface area contributed by atoms with Crippen molar-refractivity contribution in [3.8, 4) is 5.75 Å². The van der Waals surface area contributed by atoms with Gasteiger partial charge in [0.2, 0.25) is 34.8 Å². The third-order valence-corrected chi connectivity index (χ3v) is 6.50. The Labute approximate surface area is 163 Å². The van der Waals surface area contributed by atoms with Crippen LogP contribution in [-0.4, -0.2) is 15.8 Å². The Morgan fingerprint density at radius 1 is 1.00 bits per heavy atom. The Kier molecular flexibility index (Phi) is 5.52. The van der Waals surface area contributed by atoms with E-state index >= 15 is 0 Å². The summed E-state index contributed by atoms with van der Waals surface area (Å²) in [5.41, 5.74) is -0.834. The highest BCUT2D eigenvalue weighted by molar-refractivity contribution is 7.52. The van der Waals surface area contributed by atoms with Crippen molar-refractivity contribution in [2.45, 2.75) is 12.6 Å². The van der Waals surface area contributed by atoms with Crippen molar-refractivity contribution in [1.29, 1.82) is 0 Å². The van der Waals surface area contributed by atoms with Gasteiger partial charge in [-0.2, -0.15) is 8.78 Å². The third kappa shape index (κ3) is 3.91. The molecule has 12 heteroatoms. The molecule has 2 aromatic carbocycles. The van der Waals surface area contributed by atoms with Gasteiger partial charge >= 0.3 is 13.6 Å². The maximum Gasteiger partial charge on any atom is 0.353 e. The van der Waals surface area contributed by atoms with Crippen LogP contribution in [0.5, 0.6) is 5.75 Å². The van der Waals surface area contributed by atoms with E-state index in [2.05, 4.69) is 4.74 Å². The summed E-state index contributed by atoms with van der Waals surface area (Å²) in [6, 6.07) is 5.52. The molecule has 1 aromatic heterocycles. The van der Waals surface area contributed by atoms with Gasteiger partial charge in [0, 0.05) is 4.70 Å². The smallest absolute Gasteiger partial charge is 0.353 e. The lowest BCUT2D eigenvalue weighted by atomic mass is 10.1. The first kappa shape index (κ1) is 21.4. The van der Waals surface area contributed by atoms with E-state index in [0.29, 0.717) is 10.1 Å². The normalized spacial score (nSPS) is 13.0. The molecular weight excluding hydrogens is 442 g/mol. The van der Waals surface area contributed by atoms with Crippen molar-refractivity contribution < 1.29 is 45.8 Å². The summed E-state index contributed by atoms with van der Waals surface area (Å²) < 4.78 is 83.1. The number of fused-ring (bicyclic) bond motifs is 1. The van der Waals surface area contributed by atoms with Crippen LogP contribution in [-0.2, 0) is 4.57 Å². The monoisotopic (exact) mass is 452 g/mol. The number of hydrogen-bond donors (Lipinski definition) is 2. The zero-order chi connectivity index (χ0) is 21.7. The first-order chi connectivity index (χ1) is 13.4. The third-order valence-electron chi connectivity index (χ3n) is 4.09. The van der Waals surface area contributed by atoms with E-state index in [9.17, 15) is 41.1 Å². The Balaban J connectivity index is 1.96. The largest absolute Gasteiger partial charge is 0.416 e. The van der Waals surface area contributed by atoms with Crippen LogP contribution < -0.4 is 4.74 Å². The second-order valence-corrected chi connectivity index (χ2v) is 9.00. The van der Waals surface area contributed by atoms with Gasteiger partial charge in [-0.25, -0.2) is 18.0 Å². The van der Waals surface area contributed by atoms with Crippen molar-refractivity contribution in [2.75, 3.05) is 0 Å². The molecule has 0 aliphatic carbocycles. The molecule has 3 aromatic rings. The van der Waals surface area contributed by atoms with E-state index in [1.807, 2.05) is 0 Å². The topological polar surface area (TPSA) is 83.8 Å². The predicted octanol–water partition coefficient (Wildman–Crippen LogP) is 5.05. The van der Waals surface area contributed by atoms with Gasteiger partial charge in [-0.05, 0) is 36.1 Å². The van der Waals surface area contributed by atoms with E-state index in [1.165, 1.54) is 31.2 Å². The zero-order valence-electron chi connectivity index (χ0n) is 14.3. The molecule has 0 aliphatic rings. The summed E-state index contributed by atoms with van der Waals surface area (Å²) in [6.45, 7) is 1.31. The molecule has 154 valence electrons. The number of esters is 1. The maximum atomic E-state index is 13.7. The summed E-state index contributed by atoms with van der Waals surface area (Å²) in [7, 11) is -4.41. The highest BCUT2D eigenvalue weighted by Crippen LogP contribution is 2.51. The van der Waals surface area contributed by atoms with E-state index in [4.69, 9.17) is 0 Å². The first-order valence-electron chi connectivity index (χ1n) is 7.74. The fourth-order valence-corrected chi connectivity index (χ4v) is 3.90. The van der Waals surface area contributed by atoms with Gasteiger partial charge in [-0.1, -0.05) is 6.07 Å². The number of ether oxygens (including phenoxy) is 1. The SMILES string of the molecule is CC(c1ccc2sc(C(=O)Oc3c(F)c(F)c(F)c(F)c3F)cc2c1)P(=O)(O)O. The fourth-order valence-electron chi connectivity index (χ4n) is 2.43. The van der Waals surface area contributed by atoms with Crippen LogP contribution in [0.2, 0.25) is 0 Å². The van der Waals surface area contributed by atoms with Crippen LogP contribution in [0.15, 0.2) is 24.3 Å². The molecule has 0 saturated heterocycles. The summed E-state index contributed by atoms with van der Waals surface area (Å²) in [5.74, 6) is -14.5. The predicted molar refractivity (Wildman–Crippen MR) is 93.5 cm³/mol. The standard InChI is InChI=1S/C17H10F5O5PS/c1-6(28(24,25)26)7-2-3-9-8(4-7)5-10(29-9)17(23)27-16-14(21)12(19)11(18)13(20)15(16)22/h2-6H,1H3,(H2,24,25,26). The van der Waals surface area contributed by atoms with E-state index in [-0.39, 0.29) is 10.4 Å². The molecule has 29 heavy (non-hydrogen) atoms. The average molecular weight is 452 g/mol.